The summed E-state index contributed by atoms with van der Waals surface area (Å²) in [5.41, 5.74) is 3.73. The minimum atomic E-state index is 0.611. The van der Waals surface area contributed by atoms with Gasteiger partial charge in [0.1, 0.15) is 0 Å². The molecule has 0 aromatic heterocycles. The van der Waals surface area contributed by atoms with Gasteiger partial charge in [0, 0.05) is 12.1 Å². The number of hydrogen-bond donors (Lipinski definition) is 1. The van der Waals surface area contributed by atoms with Gasteiger partial charge in [0.15, 0.2) is 0 Å². The van der Waals surface area contributed by atoms with E-state index in [1.54, 1.807) is 6.20 Å². The second-order valence-corrected chi connectivity index (χ2v) is 3.16. The van der Waals surface area contributed by atoms with Gasteiger partial charge in [-0.25, -0.2) is 0 Å². The molecule has 0 radical (unpaired) electrons. The van der Waals surface area contributed by atoms with Crippen LogP contribution in [0.5, 0.6) is 0 Å². The Balaban J connectivity index is 2.09. The Bertz CT molecular complexity index is 235. The lowest BCUT2D eigenvalue weighted by atomic mass is 10.0. The van der Waals surface area contributed by atoms with Crippen molar-refractivity contribution >= 4 is 5.71 Å². The molecule has 1 aliphatic carbocycles. The molecule has 64 valence electrons. The summed E-state index contributed by atoms with van der Waals surface area (Å²) in [7, 11) is 0. The maximum Gasteiger partial charge on any atom is 0.0695 e. The lowest BCUT2D eigenvalue weighted by molar-refractivity contribution is 0.725. The van der Waals surface area contributed by atoms with E-state index in [0.717, 1.165) is 5.71 Å². The lowest BCUT2D eigenvalue weighted by Gasteiger charge is -2.05. The molecule has 1 heterocycles. The molecule has 1 N–H and O–H groups in total. The molecular weight excluding hydrogens is 152 g/mol. The number of nitrogens with one attached hydrogen (secondary N) is 1. The predicted octanol–water partition coefficient (Wildman–Crippen LogP) is 2.02. The van der Waals surface area contributed by atoms with Crippen molar-refractivity contribution in [1.29, 1.82) is 0 Å². The Morgan fingerprint density at radius 2 is 2.17 bits per heavy atom. The number of rotatable bonds is 1. The van der Waals surface area contributed by atoms with E-state index in [1.165, 1.54) is 25.7 Å². The molecular formula is C8H12N4. The summed E-state index contributed by atoms with van der Waals surface area (Å²) in [6.07, 6.45) is 8.89. The van der Waals surface area contributed by atoms with Crippen molar-refractivity contribution in [3.63, 3.8) is 0 Å². The molecule has 0 aromatic rings. The quantitative estimate of drug-likeness (QED) is 0.633. The Morgan fingerprint density at radius 3 is 3.00 bits per heavy atom. The molecule has 0 spiro atoms. The normalized spacial score (nSPS) is 23.5. The summed E-state index contributed by atoms with van der Waals surface area (Å²) in [5, 5.41) is 11.3. The van der Waals surface area contributed by atoms with Crippen molar-refractivity contribution in [3.05, 3.63) is 12.3 Å². The van der Waals surface area contributed by atoms with Crippen molar-refractivity contribution in [1.82, 2.24) is 5.43 Å². The topological polar surface area (TPSA) is 49.1 Å². The van der Waals surface area contributed by atoms with E-state index in [9.17, 15) is 0 Å². The molecule has 4 nitrogen and oxygen atoms in total. The van der Waals surface area contributed by atoms with Crippen LogP contribution in [0.25, 0.3) is 0 Å². The van der Waals surface area contributed by atoms with Gasteiger partial charge in [0.05, 0.1) is 5.71 Å². The van der Waals surface area contributed by atoms with Gasteiger partial charge in [-0.1, -0.05) is 12.8 Å². The molecule has 1 fully saturated rings. The molecule has 0 atom stereocenters. The van der Waals surface area contributed by atoms with Crippen molar-refractivity contribution in [2.45, 2.75) is 25.7 Å². The molecule has 0 unspecified atom stereocenters. The largest absolute Gasteiger partial charge is 0.266 e. The summed E-state index contributed by atoms with van der Waals surface area (Å²) in [5.74, 6) is 0.611. The van der Waals surface area contributed by atoms with E-state index in [-0.39, 0.29) is 0 Å². The third-order valence-corrected chi connectivity index (χ3v) is 2.36. The van der Waals surface area contributed by atoms with Gasteiger partial charge < -0.3 is 0 Å². The van der Waals surface area contributed by atoms with Crippen LogP contribution in [-0.2, 0) is 0 Å². The van der Waals surface area contributed by atoms with Crippen LogP contribution in [-0.4, -0.2) is 5.71 Å². The first-order chi connectivity index (χ1) is 5.97. The van der Waals surface area contributed by atoms with Crippen LogP contribution < -0.4 is 5.43 Å². The third-order valence-electron chi connectivity index (χ3n) is 2.36. The second kappa shape index (κ2) is 3.47. The number of nitrogens with zero attached hydrogens (tertiary/aromatic N) is 3. The minimum Gasteiger partial charge on any atom is -0.266 e. The smallest absolute Gasteiger partial charge is 0.0695 e. The summed E-state index contributed by atoms with van der Waals surface area (Å²) in [6, 6.07) is 0. The van der Waals surface area contributed by atoms with Crippen molar-refractivity contribution in [2.75, 3.05) is 0 Å². The van der Waals surface area contributed by atoms with Gasteiger partial charge in [0.2, 0.25) is 0 Å². The van der Waals surface area contributed by atoms with Crippen molar-refractivity contribution in [3.8, 4) is 0 Å². The highest BCUT2D eigenvalue weighted by Crippen LogP contribution is 2.26. The SMILES string of the molecule is C1=CC(C2CCCC2)=NN=NN1. The van der Waals surface area contributed by atoms with Crippen LogP contribution in [0.15, 0.2) is 27.8 Å². The predicted molar refractivity (Wildman–Crippen MR) is 46.5 cm³/mol. The highest BCUT2D eigenvalue weighted by molar-refractivity contribution is 5.96. The number of allylic oxidation sites excluding steroid dienone is 1. The van der Waals surface area contributed by atoms with Crippen LogP contribution in [0.2, 0.25) is 0 Å². The first-order valence-electron chi connectivity index (χ1n) is 4.36. The molecule has 0 amide bonds. The molecule has 12 heavy (non-hydrogen) atoms. The summed E-state index contributed by atoms with van der Waals surface area (Å²) < 4.78 is 0. The van der Waals surface area contributed by atoms with Gasteiger partial charge in [-0.2, -0.15) is 0 Å². The zero-order valence-electron chi connectivity index (χ0n) is 6.90. The van der Waals surface area contributed by atoms with E-state index in [0.29, 0.717) is 5.92 Å². The molecule has 1 saturated carbocycles. The Kier molecular flexibility index (Phi) is 2.16. The molecule has 2 rings (SSSR count). The minimum absolute atomic E-state index is 0.611. The van der Waals surface area contributed by atoms with E-state index >= 15 is 0 Å². The molecule has 0 bridgehead atoms. The molecule has 1 aliphatic heterocycles. The summed E-state index contributed by atoms with van der Waals surface area (Å²) >= 11 is 0. The fourth-order valence-electron chi connectivity index (χ4n) is 1.73. The fourth-order valence-corrected chi connectivity index (χ4v) is 1.73. The fraction of sp³-hybridized carbons (Fsp3) is 0.625. The Hall–Kier alpha value is -1.19. The van der Waals surface area contributed by atoms with E-state index in [1.807, 2.05) is 6.08 Å². The van der Waals surface area contributed by atoms with Crippen LogP contribution in [0.4, 0.5) is 0 Å². The average molecular weight is 164 g/mol. The highest BCUT2D eigenvalue weighted by Gasteiger charge is 2.19. The number of hydrogen-bond acceptors (Lipinski definition) is 4. The molecule has 2 aliphatic rings. The first-order valence-corrected chi connectivity index (χ1v) is 4.36. The Labute approximate surface area is 71.4 Å². The second-order valence-electron chi connectivity index (χ2n) is 3.16. The van der Waals surface area contributed by atoms with Crippen molar-refractivity contribution in [2.24, 2.45) is 21.5 Å². The lowest BCUT2D eigenvalue weighted by Crippen LogP contribution is -2.07. The molecule has 4 heteroatoms. The van der Waals surface area contributed by atoms with Crippen LogP contribution in [0.1, 0.15) is 25.7 Å². The Morgan fingerprint density at radius 1 is 1.33 bits per heavy atom. The van der Waals surface area contributed by atoms with E-state index in [2.05, 4.69) is 21.0 Å². The van der Waals surface area contributed by atoms with E-state index < -0.39 is 0 Å². The average Bonchev–Trinajstić information content (AvgIpc) is 2.48. The van der Waals surface area contributed by atoms with Crippen LogP contribution in [0, 0.1) is 5.92 Å². The van der Waals surface area contributed by atoms with Gasteiger partial charge in [-0.3, -0.25) is 5.43 Å². The monoisotopic (exact) mass is 164 g/mol. The van der Waals surface area contributed by atoms with E-state index in [4.69, 9.17) is 0 Å². The maximum atomic E-state index is 4.03. The molecule has 0 aromatic carbocycles. The highest BCUT2D eigenvalue weighted by atomic mass is 15.5. The first kappa shape index (κ1) is 7.46. The van der Waals surface area contributed by atoms with Gasteiger partial charge in [-0.05, 0) is 29.4 Å². The van der Waals surface area contributed by atoms with Gasteiger partial charge >= 0.3 is 0 Å². The summed E-state index contributed by atoms with van der Waals surface area (Å²) in [4.78, 5) is 0. The van der Waals surface area contributed by atoms with Crippen LogP contribution >= 0.6 is 0 Å². The third kappa shape index (κ3) is 1.52. The summed E-state index contributed by atoms with van der Waals surface area (Å²) in [6.45, 7) is 0. The molecule has 0 saturated heterocycles. The maximum absolute atomic E-state index is 4.03. The zero-order valence-corrected chi connectivity index (χ0v) is 6.90. The van der Waals surface area contributed by atoms with Gasteiger partial charge in [-0.15, -0.1) is 5.10 Å². The van der Waals surface area contributed by atoms with Crippen molar-refractivity contribution < 1.29 is 0 Å². The van der Waals surface area contributed by atoms with Crippen LogP contribution in [0.3, 0.4) is 0 Å². The zero-order chi connectivity index (χ0) is 8.23. The van der Waals surface area contributed by atoms with Gasteiger partial charge in [0.25, 0.3) is 0 Å². The standard InChI is InChI=1S/C8H12N4/c1-2-4-7(3-1)8-5-6-9-11-12-10-8/h5-7H,1-4H2,(H,9,12).